The van der Waals surface area contributed by atoms with E-state index < -0.39 is 0 Å². The lowest BCUT2D eigenvalue weighted by Crippen LogP contribution is -2.42. The van der Waals surface area contributed by atoms with Gasteiger partial charge in [-0.05, 0) is 42.3 Å². The normalized spacial score (nSPS) is 15.9. The highest BCUT2D eigenvalue weighted by atomic mass is 19.1. The predicted octanol–water partition coefficient (Wildman–Crippen LogP) is 4.26. The number of halogens is 1. The first-order chi connectivity index (χ1) is 14.8. The molecule has 0 radical (unpaired) electrons. The fourth-order valence-electron chi connectivity index (χ4n) is 3.56. The van der Waals surface area contributed by atoms with Gasteiger partial charge in [0.2, 0.25) is 0 Å². The number of hydrogen-bond acceptors (Lipinski definition) is 3. The number of ether oxygens (including phenoxy) is 1. The Hall–Kier alpha value is -3.28. The van der Waals surface area contributed by atoms with Gasteiger partial charge in [-0.2, -0.15) is 0 Å². The number of furan rings is 1. The van der Waals surface area contributed by atoms with Crippen LogP contribution in [0.1, 0.15) is 29.3 Å². The van der Waals surface area contributed by atoms with Crippen LogP contribution < -0.4 is 15.4 Å². The van der Waals surface area contributed by atoms with Crippen molar-refractivity contribution in [1.82, 2.24) is 10.6 Å². The average molecular weight is 407 g/mol. The van der Waals surface area contributed by atoms with E-state index >= 15 is 0 Å². The Morgan fingerprint density at radius 1 is 1.07 bits per heavy atom. The van der Waals surface area contributed by atoms with Crippen molar-refractivity contribution in [2.45, 2.75) is 25.3 Å². The molecule has 1 aromatic heterocycles. The van der Waals surface area contributed by atoms with E-state index in [1.54, 1.807) is 18.4 Å². The van der Waals surface area contributed by atoms with E-state index in [1.807, 2.05) is 36.4 Å². The monoisotopic (exact) mass is 407 g/mol. The van der Waals surface area contributed by atoms with E-state index in [1.165, 1.54) is 6.07 Å². The van der Waals surface area contributed by atoms with Crippen molar-refractivity contribution < 1.29 is 13.5 Å². The first kappa shape index (κ1) is 20.0. The van der Waals surface area contributed by atoms with E-state index in [4.69, 9.17) is 14.1 Å². The zero-order valence-corrected chi connectivity index (χ0v) is 16.8. The van der Waals surface area contributed by atoms with Crippen LogP contribution >= 0.6 is 0 Å². The average Bonchev–Trinajstić information content (AvgIpc) is 3.27. The van der Waals surface area contributed by atoms with Crippen LogP contribution in [-0.2, 0) is 12.8 Å². The summed E-state index contributed by atoms with van der Waals surface area (Å²) in [6, 6.07) is 18.7. The van der Waals surface area contributed by atoms with Crippen LogP contribution in [0.15, 0.2) is 76.3 Å². The summed E-state index contributed by atoms with van der Waals surface area (Å²) in [6.45, 7) is 1.92. The second-order valence-electron chi connectivity index (χ2n) is 7.24. The first-order valence-electron chi connectivity index (χ1n) is 10.3. The van der Waals surface area contributed by atoms with Crippen LogP contribution in [0.25, 0.3) is 0 Å². The molecular formula is C24H26FN3O2. The van der Waals surface area contributed by atoms with E-state index in [-0.39, 0.29) is 11.9 Å². The van der Waals surface area contributed by atoms with Crippen LogP contribution in [0.2, 0.25) is 0 Å². The summed E-state index contributed by atoms with van der Waals surface area (Å²) in [6.07, 6.45) is 3.98. The van der Waals surface area contributed by atoms with E-state index in [9.17, 15) is 4.39 Å². The van der Waals surface area contributed by atoms with Crippen molar-refractivity contribution in [2.24, 2.45) is 4.99 Å². The molecule has 1 aliphatic rings. The second kappa shape index (κ2) is 9.96. The molecule has 0 saturated heterocycles. The Labute approximate surface area is 176 Å². The largest absolute Gasteiger partial charge is 0.493 e. The predicted molar refractivity (Wildman–Crippen MR) is 115 cm³/mol. The van der Waals surface area contributed by atoms with Crippen LogP contribution in [0, 0.1) is 5.82 Å². The standard InChI is InChI=1S/C24H26FN3O2/c25-19-6-3-5-18(17-19)10-13-26-24(27-14-11-20-7-4-15-29-20)28-22-12-16-30-23-9-2-1-8-21(22)23/h1-9,15,17,22H,10-14,16H2,(H2,26,27,28). The smallest absolute Gasteiger partial charge is 0.191 e. The van der Waals surface area contributed by atoms with Crippen molar-refractivity contribution >= 4 is 5.96 Å². The van der Waals surface area contributed by atoms with Crippen LogP contribution in [0.3, 0.4) is 0 Å². The maximum Gasteiger partial charge on any atom is 0.191 e. The molecule has 1 unspecified atom stereocenters. The topological polar surface area (TPSA) is 58.8 Å². The quantitative estimate of drug-likeness (QED) is 0.454. The molecule has 1 aliphatic heterocycles. The number of nitrogens with one attached hydrogen (secondary N) is 2. The molecule has 1 atom stereocenters. The molecule has 2 N–H and O–H groups in total. The van der Waals surface area contributed by atoms with Crippen molar-refractivity contribution in [3.05, 3.63) is 89.6 Å². The molecule has 3 aromatic rings. The first-order valence-corrected chi connectivity index (χ1v) is 10.3. The van der Waals surface area contributed by atoms with Crippen LogP contribution in [-0.4, -0.2) is 25.7 Å². The van der Waals surface area contributed by atoms with Gasteiger partial charge >= 0.3 is 0 Å². The number of nitrogens with zero attached hydrogens (tertiary/aromatic N) is 1. The molecule has 2 aromatic carbocycles. The Bertz CT molecular complexity index is 972. The number of hydrogen-bond donors (Lipinski definition) is 2. The molecular weight excluding hydrogens is 381 g/mol. The van der Waals surface area contributed by atoms with Crippen molar-refractivity contribution in [1.29, 1.82) is 0 Å². The molecule has 0 bridgehead atoms. The maximum absolute atomic E-state index is 13.4. The van der Waals surface area contributed by atoms with Crippen molar-refractivity contribution in [3.8, 4) is 5.75 Å². The van der Waals surface area contributed by atoms with Gasteiger partial charge in [0.25, 0.3) is 0 Å². The van der Waals surface area contributed by atoms with Gasteiger partial charge in [-0.25, -0.2) is 4.39 Å². The van der Waals surface area contributed by atoms with Gasteiger partial charge in [0.05, 0.1) is 18.9 Å². The number of aliphatic imine (C=N–C) groups is 1. The summed E-state index contributed by atoms with van der Waals surface area (Å²) in [7, 11) is 0. The van der Waals surface area contributed by atoms with Gasteiger partial charge in [0.1, 0.15) is 17.3 Å². The second-order valence-corrected chi connectivity index (χ2v) is 7.24. The molecule has 0 aliphatic carbocycles. The van der Waals surface area contributed by atoms with Gasteiger partial charge in [0, 0.05) is 31.5 Å². The Balaban J connectivity index is 1.41. The molecule has 5 nitrogen and oxygen atoms in total. The fraction of sp³-hybridized carbons (Fsp3) is 0.292. The number of benzene rings is 2. The zero-order valence-electron chi connectivity index (χ0n) is 16.8. The Morgan fingerprint density at radius 3 is 2.87 bits per heavy atom. The number of rotatable bonds is 7. The fourth-order valence-corrected chi connectivity index (χ4v) is 3.56. The van der Waals surface area contributed by atoms with Crippen molar-refractivity contribution in [2.75, 3.05) is 19.7 Å². The third kappa shape index (κ3) is 5.41. The van der Waals surface area contributed by atoms with Crippen LogP contribution in [0.4, 0.5) is 4.39 Å². The van der Waals surface area contributed by atoms with E-state index in [2.05, 4.69) is 16.7 Å². The lowest BCUT2D eigenvalue weighted by atomic mass is 10.0. The lowest BCUT2D eigenvalue weighted by molar-refractivity contribution is 0.261. The molecule has 6 heteroatoms. The Morgan fingerprint density at radius 2 is 2.00 bits per heavy atom. The molecule has 0 fully saturated rings. The molecule has 0 amide bonds. The van der Waals surface area contributed by atoms with Gasteiger partial charge in [-0.3, -0.25) is 4.99 Å². The summed E-state index contributed by atoms with van der Waals surface area (Å²) < 4.78 is 24.6. The molecule has 0 saturated carbocycles. The van der Waals surface area contributed by atoms with Gasteiger partial charge in [0.15, 0.2) is 5.96 Å². The molecule has 30 heavy (non-hydrogen) atoms. The van der Waals surface area contributed by atoms with Crippen molar-refractivity contribution in [3.63, 3.8) is 0 Å². The van der Waals surface area contributed by atoms with Gasteiger partial charge < -0.3 is 19.8 Å². The highest BCUT2D eigenvalue weighted by molar-refractivity contribution is 5.80. The summed E-state index contributed by atoms with van der Waals surface area (Å²) in [5, 5.41) is 6.94. The lowest BCUT2D eigenvalue weighted by Gasteiger charge is -2.28. The summed E-state index contributed by atoms with van der Waals surface area (Å²) in [4.78, 5) is 4.73. The minimum Gasteiger partial charge on any atom is -0.493 e. The molecule has 4 rings (SSSR count). The minimum absolute atomic E-state index is 0.124. The van der Waals surface area contributed by atoms with Gasteiger partial charge in [-0.15, -0.1) is 0 Å². The maximum atomic E-state index is 13.4. The third-order valence-electron chi connectivity index (χ3n) is 5.07. The summed E-state index contributed by atoms with van der Waals surface area (Å²) in [5.41, 5.74) is 2.09. The molecule has 0 spiro atoms. The summed E-state index contributed by atoms with van der Waals surface area (Å²) in [5.74, 6) is 2.35. The number of fused-ring (bicyclic) bond motifs is 1. The third-order valence-corrected chi connectivity index (χ3v) is 5.07. The molecule has 2 heterocycles. The zero-order chi connectivity index (χ0) is 20.6. The van der Waals surface area contributed by atoms with E-state index in [0.717, 1.165) is 41.4 Å². The highest BCUT2D eigenvalue weighted by Crippen LogP contribution is 2.31. The SMILES string of the molecule is Fc1cccc(CCNC(=NCCc2ccco2)NC2CCOc3ccccc32)c1. The van der Waals surface area contributed by atoms with Gasteiger partial charge in [-0.1, -0.05) is 30.3 Å². The van der Waals surface area contributed by atoms with Crippen LogP contribution in [0.5, 0.6) is 5.75 Å². The summed E-state index contributed by atoms with van der Waals surface area (Å²) >= 11 is 0. The number of para-hydroxylation sites is 1. The van der Waals surface area contributed by atoms with E-state index in [0.29, 0.717) is 26.1 Å². The number of guanidine groups is 1. The highest BCUT2D eigenvalue weighted by Gasteiger charge is 2.21. The Kier molecular flexibility index (Phi) is 6.65. The minimum atomic E-state index is -0.211. The molecule has 156 valence electrons.